The summed E-state index contributed by atoms with van der Waals surface area (Å²) >= 11 is 6.07. The zero-order valence-electron chi connectivity index (χ0n) is 15.7. The van der Waals surface area contributed by atoms with Gasteiger partial charge in [0, 0.05) is 22.5 Å². The summed E-state index contributed by atoms with van der Waals surface area (Å²) in [4.78, 5) is 26.4. The van der Waals surface area contributed by atoms with Crippen LogP contribution >= 0.6 is 11.6 Å². The molecule has 0 aromatic heterocycles. The minimum Gasteiger partial charge on any atom is -0.497 e. The Kier molecular flexibility index (Phi) is 7.64. The Bertz CT molecular complexity index is 811. The fourth-order valence-corrected chi connectivity index (χ4v) is 2.69. The van der Waals surface area contributed by atoms with Gasteiger partial charge < -0.3 is 15.4 Å². The molecule has 2 aromatic carbocycles. The predicted octanol–water partition coefficient (Wildman–Crippen LogP) is 3.56. The van der Waals surface area contributed by atoms with E-state index in [2.05, 4.69) is 10.6 Å². The molecule has 0 heterocycles. The molecule has 0 radical (unpaired) electrons. The SMILES string of the molecule is CCN(CC(=O)Nc1cccc(OC)c1)CC(=O)Nc1cccc(Cl)c1C. The van der Waals surface area contributed by atoms with Crippen molar-refractivity contribution < 1.29 is 14.3 Å². The van der Waals surface area contributed by atoms with Gasteiger partial charge in [0.1, 0.15) is 5.75 Å². The van der Waals surface area contributed by atoms with Gasteiger partial charge in [-0.2, -0.15) is 0 Å². The van der Waals surface area contributed by atoms with Crippen molar-refractivity contribution in [2.75, 3.05) is 37.4 Å². The largest absolute Gasteiger partial charge is 0.497 e. The average Bonchev–Trinajstić information content (AvgIpc) is 2.65. The second-order valence-electron chi connectivity index (χ2n) is 6.04. The van der Waals surface area contributed by atoms with Crippen LogP contribution < -0.4 is 15.4 Å². The van der Waals surface area contributed by atoms with Gasteiger partial charge in [0.25, 0.3) is 0 Å². The maximum absolute atomic E-state index is 12.3. The van der Waals surface area contributed by atoms with Gasteiger partial charge in [0.15, 0.2) is 0 Å². The van der Waals surface area contributed by atoms with Crippen LogP contribution in [0, 0.1) is 6.92 Å². The smallest absolute Gasteiger partial charge is 0.238 e. The number of carbonyl (C=O) groups is 2. The zero-order valence-corrected chi connectivity index (χ0v) is 16.5. The molecule has 6 nitrogen and oxygen atoms in total. The summed E-state index contributed by atoms with van der Waals surface area (Å²) in [6, 6.07) is 12.5. The van der Waals surface area contributed by atoms with Crippen molar-refractivity contribution in [3.63, 3.8) is 0 Å². The van der Waals surface area contributed by atoms with E-state index in [1.165, 1.54) is 0 Å². The van der Waals surface area contributed by atoms with E-state index in [1.807, 2.05) is 13.8 Å². The minimum absolute atomic E-state index is 0.105. The quantitative estimate of drug-likeness (QED) is 0.724. The number of ether oxygens (including phenoxy) is 1. The normalized spacial score (nSPS) is 10.6. The minimum atomic E-state index is -0.198. The lowest BCUT2D eigenvalue weighted by Crippen LogP contribution is -2.38. The van der Waals surface area contributed by atoms with Crippen LogP contribution in [0.25, 0.3) is 0 Å². The van der Waals surface area contributed by atoms with Crippen LogP contribution in [0.2, 0.25) is 5.02 Å². The highest BCUT2D eigenvalue weighted by atomic mass is 35.5. The van der Waals surface area contributed by atoms with E-state index < -0.39 is 0 Å². The van der Waals surface area contributed by atoms with Gasteiger partial charge in [-0.3, -0.25) is 14.5 Å². The van der Waals surface area contributed by atoms with Crippen molar-refractivity contribution in [3.8, 4) is 5.75 Å². The second kappa shape index (κ2) is 9.94. The Morgan fingerprint density at radius 1 is 1.07 bits per heavy atom. The van der Waals surface area contributed by atoms with Crippen molar-refractivity contribution in [2.24, 2.45) is 0 Å². The Morgan fingerprint density at radius 2 is 1.74 bits per heavy atom. The van der Waals surface area contributed by atoms with Crippen LogP contribution in [-0.4, -0.2) is 43.5 Å². The van der Waals surface area contributed by atoms with Gasteiger partial charge in [-0.25, -0.2) is 0 Å². The van der Waals surface area contributed by atoms with Crippen LogP contribution in [0.1, 0.15) is 12.5 Å². The van der Waals surface area contributed by atoms with Crippen molar-refractivity contribution in [1.82, 2.24) is 4.90 Å². The highest BCUT2D eigenvalue weighted by molar-refractivity contribution is 6.31. The van der Waals surface area contributed by atoms with Crippen LogP contribution in [0.5, 0.6) is 5.75 Å². The van der Waals surface area contributed by atoms with Gasteiger partial charge in [-0.1, -0.05) is 30.7 Å². The van der Waals surface area contributed by atoms with Gasteiger partial charge in [0.2, 0.25) is 11.8 Å². The molecule has 2 amide bonds. The molecule has 0 bridgehead atoms. The lowest BCUT2D eigenvalue weighted by molar-refractivity contribution is -0.119. The number of nitrogens with zero attached hydrogens (tertiary/aromatic N) is 1. The fourth-order valence-electron chi connectivity index (χ4n) is 2.52. The van der Waals surface area contributed by atoms with E-state index in [0.717, 1.165) is 5.56 Å². The van der Waals surface area contributed by atoms with Crippen molar-refractivity contribution in [2.45, 2.75) is 13.8 Å². The summed E-state index contributed by atoms with van der Waals surface area (Å²) in [7, 11) is 1.57. The lowest BCUT2D eigenvalue weighted by atomic mass is 10.2. The van der Waals surface area contributed by atoms with Crippen LogP contribution in [0.4, 0.5) is 11.4 Å². The number of likely N-dealkylation sites (N-methyl/N-ethyl adjacent to an activating group) is 1. The van der Waals surface area contributed by atoms with Crippen molar-refractivity contribution in [1.29, 1.82) is 0 Å². The summed E-state index contributed by atoms with van der Waals surface area (Å²) in [6.45, 7) is 4.52. The van der Waals surface area contributed by atoms with Crippen molar-refractivity contribution >= 4 is 34.8 Å². The van der Waals surface area contributed by atoms with Crippen LogP contribution in [0.3, 0.4) is 0 Å². The summed E-state index contributed by atoms with van der Waals surface area (Å²) in [5, 5.41) is 6.25. The van der Waals surface area contributed by atoms with E-state index in [-0.39, 0.29) is 24.9 Å². The lowest BCUT2D eigenvalue weighted by Gasteiger charge is -2.20. The molecule has 2 aromatic rings. The third kappa shape index (κ3) is 6.27. The number of methoxy groups -OCH3 is 1. The van der Waals surface area contributed by atoms with E-state index in [0.29, 0.717) is 28.7 Å². The van der Waals surface area contributed by atoms with Gasteiger partial charge in [0.05, 0.1) is 20.2 Å². The Balaban J connectivity index is 1.91. The molecule has 144 valence electrons. The van der Waals surface area contributed by atoms with Gasteiger partial charge in [-0.05, 0) is 43.3 Å². The molecule has 27 heavy (non-hydrogen) atoms. The summed E-state index contributed by atoms with van der Waals surface area (Å²) < 4.78 is 5.14. The molecule has 0 unspecified atom stereocenters. The summed E-state index contributed by atoms with van der Waals surface area (Å²) in [5.41, 5.74) is 2.13. The number of carbonyl (C=O) groups excluding carboxylic acids is 2. The standard InChI is InChI=1S/C20H24ClN3O3/c1-4-24(12-19(25)22-15-7-5-8-16(11-15)27-3)13-20(26)23-18-10-6-9-17(21)14(18)2/h5-11H,4,12-13H2,1-3H3,(H,22,25)(H,23,26). The number of benzene rings is 2. The van der Waals surface area contributed by atoms with E-state index in [4.69, 9.17) is 16.3 Å². The number of anilines is 2. The number of rotatable bonds is 8. The van der Waals surface area contributed by atoms with Gasteiger partial charge in [-0.15, -0.1) is 0 Å². The third-order valence-corrected chi connectivity index (χ3v) is 4.49. The van der Waals surface area contributed by atoms with Gasteiger partial charge >= 0.3 is 0 Å². The van der Waals surface area contributed by atoms with Crippen LogP contribution in [-0.2, 0) is 9.59 Å². The highest BCUT2D eigenvalue weighted by Crippen LogP contribution is 2.22. The fraction of sp³-hybridized carbons (Fsp3) is 0.300. The Morgan fingerprint density at radius 3 is 2.41 bits per heavy atom. The first-order valence-corrected chi connectivity index (χ1v) is 9.02. The first-order chi connectivity index (χ1) is 12.9. The molecule has 0 aliphatic heterocycles. The second-order valence-corrected chi connectivity index (χ2v) is 6.45. The monoisotopic (exact) mass is 389 g/mol. The van der Waals surface area contributed by atoms with E-state index >= 15 is 0 Å². The molecular weight excluding hydrogens is 366 g/mol. The molecule has 7 heteroatoms. The number of nitrogens with one attached hydrogen (secondary N) is 2. The molecule has 2 N–H and O–H groups in total. The van der Waals surface area contributed by atoms with E-state index in [1.54, 1.807) is 54.5 Å². The highest BCUT2D eigenvalue weighted by Gasteiger charge is 2.14. The Labute approximate surface area is 164 Å². The molecule has 0 saturated heterocycles. The molecule has 0 saturated carbocycles. The summed E-state index contributed by atoms with van der Waals surface area (Å²) in [5.74, 6) is 0.268. The third-order valence-electron chi connectivity index (χ3n) is 4.08. The molecule has 0 atom stereocenters. The van der Waals surface area contributed by atoms with Crippen molar-refractivity contribution in [3.05, 3.63) is 53.1 Å². The first-order valence-electron chi connectivity index (χ1n) is 8.64. The number of hydrogen-bond acceptors (Lipinski definition) is 4. The maximum Gasteiger partial charge on any atom is 0.238 e. The topological polar surface area (TPSA) is 70.7 Å². The average molecular weight is 390 g/mol. The molecule has 2 rings (SSSR count). The van der Waals surface area contributed by atoms with E-state index in [9.17, 15) is 9.59 Å². The summed E-state index contributed by atoms with van der Waals surface area (Å²) in [6.07, 6.45) is 0. The number of hydrogen-bond donors (Lipinski definition) is 2. The van der Waals surface area contributed by atoms with Crippen LogP contribution in [0.15, 0.2) is 42.5 Å². The Hall–Kier alpha value is -2.57. The molecule has 0 aliphatic carbocycles. The molecule has 0 aliphatic rings. The zero-order chi connectivity index (χ0) is 19.8. The molecular formula is C20H24ClN3O3. The predicted molar refractivity (Wildman–Crippen MR) is 109 cm³/mol. The maximum atomic E-state index is 12.3. The first kappa shape index (κ1) is 20.7. The molecule has 0 fully saturated rings. The number of amides is 2. The number of halogens is 1. The molecule has 0 spiro atoms.